The average molecular weight is 419 g/mol. The van der Waals surface area contributed by atoms with Gasteiger partial charge in [-0.1, -0.05) is 53.9 Å². The summed E-state index contributed by atoms with van der Waals surface area (Å²) in [5.41, 5.74) is 0.960. The summed E-state index contributed by atoms with van der Waals surface area (Å²) < 4.78 is 5.76. The summed E-state index contributed by atoms with van der Waals surface area (Å²) in [6, 6.07) is 0. The molecule has 0 unspecified atom stereocenters. The molecular formula is C28H50O2. The number of hydrogen-bond acceptors (Lipinski definition) is 2. The quantitative estimate of drug-likeness (QED) is 0.499. The van der Waals surface area contributed by atoms with E-state index in [4.69, 9.17) is 4.74 Å². The van der Waals surface area contributed by atoms with E-state index in [0.717, 1.165) is 48.3 Å². The molecule has 1 N–H and O–H groups in total. The minimum Gasteiger partial charge on any atom is -0.390 e. The number of ether oxygens (including phenoxy) is 1. The molecule has 0 saturated heterocycles. The van der Waals surface area contributed by atoms with Crippen molar-refractivity contribution in [2.24, 2.45) is 52.3 Å². The van der Waals surface area contributed by atoms with Gasteiger partial charge in [0.1, 0.15) is 0 Å². The standard InChI is InChI=1S/C28H50O2/c1-18(2)8-7-9-19(3)22-12-13-23-21-11-10-20-16-25(29)26(30-6)17-28(20,5)24(21)14-15-27(22,23)4/h18-26,29H,7-17H2,1-6H3/t19-,20+,21+,22-,23+,24+,25+,26+,27-,28+/m1/s1. The van der Waals surface area contributed by atoms with E-state index in [1.165, 1.54) is 57.8 Å². The maximum Gasteiger partial charge on any atom is 0.0835 e. The van der Waals surface area contributed by atoms with E-state index < -0.39 is 0 Å². The third kappa shape index (κ3) is 3.81. The molecule has 0 bridgehead atoms. The van der Waals surface area contributed by atoms with Crippen LogP contribution in [-0.2, 0) is 4.74 Å². The highest BCUT2D eigenvalue weighted by Crippen LogP contribution is 2.68. The fourth-order valence-corrected chi connectivity index (χ4v) is 9.52. The van der Waals surface area contributed by atoms with Gasteiger partial charge in [-0.25, -0.2) is 0 Å². The molecule has 0 spiro atoms. The van der Waals surface area contributed by atoms with Crippen LogP contribution in [0.4, 0.5) is 0 Å². The van der Waals surface area contributed by atoms with Gasteiger partial charge >= 0.3 is 0 Å². The van der Waals surface area contributed by atoms with Crippen molar-refractivity contribution in [2.45, 2.75) is 117 Å². The first-order chi connectivity index (χ1) is 14.2. The van der Waals surface area contributed by atoms with Crippen LogP contribution in [0.5, 0.6) is 0 Å². The molecule has 0 aromatic heterocycles. The van der Waals surface area contributed by atoms with Crippen LogP contribution in [0, 0.1) is 52.3 Å². The normalized spacial score (nSPS) is 49.4. The molecule has 4 aliphatic carbocycles. The summed E-state index contributed by atoms with van der Waals surface area (Å²) in [6.45, 7) is 12.6. The van der Waals surface area contributed by atoms with Crippen LogP contribution >= 0.6 is 0 Å². The Labute approximate surface area is 186 Å². The van der Waals surface area contributed by atoms with Crippen molar-refractivity contribution in [1.29, 1.82) is 0 Å². The van der Waals surface area contributed by atoms with E-state index in [-0.39, 0.29) is 12.2 Å². The molecule has 10 atom stereocenters. The first-order valence-corrected chi connectivity index (χ1v) is 13.4. The Hall–Kier alpha value is -0.0800. The Morgan fingerprint density at radius 2 is 1.67 bits per heavy atom. The van der Waals surface area contributed by atoms with Gasteiger partial charge in [0.15, 0.2) is 0 Å². The Balaban J connectivity index is 1.48. The van der Waals surface area contributed by atoms with Gasteiger partial charge in [0.2, 0.25) is 0 Å². The Morgan fingerprint density at radius 1 is 0.933 bits per heavy atom. The molecular weight excluding hydrogens is 368 g/mol. The molecule has 0 aromatic carbocycles. The molecule has 0 aliphatic heterocycles. The molecule has 4 fully saturated rings. The molecule has 4 aliphatic rings. The number of methoxy groups -OCH3 is 1. The summed E-state index contributed by atoms with van der Waals surface area (Å²) in [4.78, 5) is 0. The summed E-state index contributed by atoms with van der Waals surface area (Å²) in [7, 11) is 1.80. The molecule has 2 heteroatoms. The van der Waals surface area contributed by atoms with Crippen LogP contribution in [0.15, 0.2) is 0 Å². The van der Waals surface area contributed by atoms with Crippen LogP contribution in [0.1, 0.15) is 105 Å². The number of rotatable bonds is 6. The lowest BCUT2D eigenvalue weighted by Crippen LogP contribution is -2.57. The molecule has 2 nitrogen and oxygen atoms in total. The molecule has 4 rings (SSSR count). The van der Waals surface area contributed by atoms with Gasteiger partial charge in [-0.15, -0.1) is 0 Å². The van der Waals surface area contributed by atoms with Gasteiger partial charge in [0.05, 0.1) is 12.2 Å². The summed E-state index contributed by atoms with van der Waals surface area (Å²) in [5.74, 6) is 6.11. The number of hydrogen-bond donors (Lipinski definition) is 1. The van der Waals surface area contributed by atoms with Crippen molar-refractivity contribution >= 4 is 0 Å². The van der Waals surface area contributed by atoms with Crippen molar-refractivity contribution in [3.63, 3.8) is 0 Å². The molecule has 4 saturated carbocycles. The van der Waals surface area contributed by atoms with E-state index in [1.54, 1.807) is 7.11 Å². The average Bonchev–Trinajstić information content (AvgIpc) is 3.05. The molecule has 174 valence electrons. The van der Waals surface area contributed by atoms with E-state index in [0.29, 0.717) is 16.7 Å². The number of aliphatic hydroxyl groups excluding tert-OH is 1. The minimum absolute atomic E-state index is 0.0515. The van der Waals surface area contributed by atoms with Gasteiger partial charge < -0.3 is 9.84 Å². The predicted molar refractivity (Wildman–Crippen MR) is 125 cm³/mol. The molecule has 30 heavy (non-hydrogen) atoms. The first kappa shape index (κ1) is 23.1. The Morgan fingerprint density at radius 3 is 2.37 bits per heavy atom. The van der Waals surface area contributed by atoms with Gasteiger partial charge in [-0.2, -0.15) is 0 Å². The van der Waals surface area contributed by atoms with Crippen LogP contribution in [0.3, 0.4) is 0 Å². The van der Waals surface area contributed by atoms with Crippen molar-refractivity contribution in [3.05, 3.63) is 0 Å². The maximum absolute atomic E-state index is 10.6. The van der Waals surface area contributed by atoms with Crippen molar-refractivity contribution in [3.8, 4) is 0 Å². The topological polar surface area (TPSA) is 29.5 Å². The molecule has 0 aromatic rings. The van der Waals surface area contributed by atoms with Crippen molar-refractivity contribution in [2.75, 3.05) is 7.11 Å². The lowest BCUT2D eigenvalue weighted by atomic mass is 9.44. The summed E-state index contributed by atoms with van der Waals surface area (Å²) in [6.07, 6.45) is 14.7. The second-order valence-electron chi connectivity index (χ2n) is 13.0. The zero-order valence-corrected chi connectivity index (χ0v) is 20.8. The van der Waals surface area contributed by atoms with Gasteiger partial charge in [-0.05, 0) is 104 Å². The Bertz CT molecular complexity index is 587. The van der Waals surface area contributed by atoms with Gasteiger partial charge in [0.25, 0.3) is 0 Å². The molecule has 0 amide bonds. The highest BCUT2D eigenvalue weighted by atomic mass is 16.5. The smallest absolute Gasteiger partial charge is 0.0835 e. The Kier molecular flexibility index (Phi) is 6.69. The van der Waals surface area contributed by atoms with Crippen LogP contribution < -0.4 is 0 Å². The monoisotopic (exact) mass is 418 g/mol. The third-order valence-corrected chi connectivity index (χ3v) is 11.2. The lowest BCUT2D eigenvalue weighted by Gasteiger charge is -2.62. The van der Waals surface area contributed by atoms with E-state index in [2.05, 4.69) is 34.6 Å². The maximum atomic E-state index is 10.6. The second kappa shape index (κ2) is 8.69. The molecule has 0 heterocycles. The highest BCUT2D eigenvalue weighted by Gasteiger charge is 2.61. The second-order valence-corrected chi connectivity index (χ2v) is 13.0. The largest absolute Gasteiger partial charge is 0.390 e. The predicted octanol–water partition coefficient (Wildman–Crippen LogP) is 7.09. The SMILES string of the molecule is CO[C@H]1C[C@@]2(C)[C@@H](CC[C@@H]3[C@@H]2CC[C@]2(C)[C@@H]([C@H](C)CCCC(C)C)CC[C@@H]32)C[C@@H]1O. The summed E-state index contributed by atoms with van der Waals surface area (Å²) >= 11 is 0. The highest BCUT2D eigenvalue weighted by molar-refractivity contribution is 5.10. The van der Waals surface area contributed by atoms with Crippen molar-refractivity contribution in [1.82, 2.24) is 0 Å². The number of aliphatic hydroxyl groups is 1. The fourth-order valence-electron chi connectivity index (χ4n) is 9.52. The number of fused-ring (bicyclic) bond motifs is 5. The zero-order valence-electron chi connectivity index (χ0n) is 20.8. The lowest BCUT2D eigenvalue weighted by molar-refractivity contribution is -0.167. The van der Waals surface area contributed by atoms with E-state index in [9.17, 15) is 5.11 Å². The zero-order chi connectivity index (χ0) is 21.7. The van der Waals surface area contributed by atoms with E-state index in [1.807, 2.05) is 0 Å². The fraction of sp³-hybridized carbons (Fsp3) is 1.00. The van der Waals surface area contributed by atoms with Crippen LogP contribution in [0.25, 0.3) is 0 Å². The third-order valence-electron chi connectivity index (χ3n) is 11.2. The first-order valence-electron chi connectivity index (χ1n) is 13.4. The van der Waals surface area contributed by atoms with Crippen LogP contribution in [-0.4, -0.2) is 24.4 Å². The minimum atomic E-state index is -0.249. The molecule has 0 radical (unpaired) electrons. The van der Waals surface area contributed by atoms with Crippen molar-refractivity contribution < 1.29 is 9.84 Å². The van der Waals surface area contributed by atoms with Gasteiger partial charge in [0, 0.05) is 7.11 Å². The van der Waals surface area contributed by atoms with Gasteiger partial charge in [-0.3, -0.25) is 0 Å². The van der Waals surface area contributed by atoms with E-state index >= 15 is 0 Å². The summed E-state index contributed by atoms with van der Waals surface area (Å²) in [5, 5.41) is 10.6. The van der Waals surface area contributed by atoms with Crippen LogP contribution in [0.2, 0.25) is 0 Å².